The molecule has 0 radical (unpaired) electrons. The van der Waals surface area contributed by atoms with Crippen molar-refractivity contribution in [3.8, 4) is 0 Å². The molecule has 0 saturated heterocycles. The van der Waals surface area contributed by atoms with Crippen molar-refractivity contribution in [2.45, 2.75) is 12.5 Å². The molecular weight excluding hydrogens is 140 g/mol. The molecule has 0 aliphatic heterocycles. The molecule has 0 aliphatic rings. The Labute approximate surface area is 56.6 Å². The Morgan fingerprint density at radius 3 is 2.40 bits per heavy atom. The molecule has 0 aromatic carbocycles. The number of rotatable bonds is 3. The number of aliphatic hydroxyl groups is 1. The quantitative estimate of drug-likeness (QED) is 0.206. The minimum atomic E-state index is -1.57. The average molecular weight is 148 g/mol. The zero-order chi connectivity index (χ0) is 8.15. The van der Waals surface area contributed by atoms with Gasteiger partial charge in [-0.25, -0.2) is 5.84 Å². The molecule has 0 rings (SSSR count). The number of hydrogen-bond acceptors (Lipinski definition) is 4. The van der Waals surface area contributed by atoms with Crippen molar-refractivity contribution >= 4 is 11.9 Å². The maximum atomic E-state index is 10.3. The molecule has 0 fully saturated rings. The van der Waals surface area contributed by atoms with Crippen LogP contribution in [0.25, 0.3) is 0 Å². The first-order valence-corrected chi connectivity index (χ1v) is 2.48. The number of carboxylic acids is 1. The third-order valence-corrected chi connectivity index (χ3v) is 0.813. The summed E-state index contributed by atoms with van der Waals surface area (Å²) >= 11 is 0. The van der Waals surface area contributed by atoms with Crippen molar-refractivity contribution in [1.29, 1.82) is 0 Å². The molecule has 0 spiro atoms. The number of carboxylic acid groups (broad SMARTS) is 1. The van der Waals surface area contributed by atoms with E-state index in [1.165, 1.54) is 0 Å². The van der Waals surface area contributed by atoms with Crippen LogP contribution in [0, 0.1) is 0 Å². The van der Waals surface area contributed by atoms with Gasteiger partial charge in [-0.15, -0.1) is 0 Å². The predicted molar refractivity (Wildman–Crippen MR) is 30.6 cm³/mol. The highest BCUT2D eigenvalue weighted by molar-refractivity contribution is 5.84. The third kappa shape index (κ3) is 3.00. The zero-order valence-corrected chi connectivity index (χ0v) is 5.07. The standard InChI is InChI=1S/C4H8N2O4/c5-6-4(10)2(7)1-3(8)9/h2,7H,1,5H2,(H,6,10)(H,8,9)/t2-/m0/s1. The van der Waals surface area contributed by atoms with Crippen molar-refractivity contribution in [3.63, 3.8) is 0 Å². The van der Waals surface area contributed by atoms with Gasteiger partial charge in [0.1, 0.15) is 6.10 Å². The highest BCUT2D eigenvalue weighted by atomic mass is 16.4. The van der Waals surface area contributed by atoms with Crippen molar-refractivity contribution in [1.82, 2.24) is 5.43 Å². The normalized spacial score (nSPS) is 12.2. The van der Waals surface area contributed by atoms with E-state index in [0.29, 0.717) is 0 Å². The molecule has 6 heteroatoms. The smallest absolute Gasteiger partial charge is 0.306 e. The maximum absolute atomic E-state index is 10.3. The average Bonchev–Trinajstić information content (AvgIpc) is 1.85. The molecular formula is C4H8N2O4. The van der Waals surface area contributed by atoms with Gasteiger partial charge in [-0.05, 0) is 0 Å². The lowest BCUT2D eigenvalue weighted by atomic mass is 10.2. The van der Waals surface area contributed by atoms with Gasteiger partial charge in [0.15, 0.2) is 0 Å². The van der Waals surface area contributed by atoms with E-state index in [2.05, 4.69) is 5.84 Å². The molecule has 6 nitrogen and oxygen atoms in total. The van der Waals surface area contributed by atoms with Crippen molar-refractivity contribution in [3.05, 3.63) is 0 Å². The summed E-state index contributed by atoms with van der Waals surface area (Å²) in [4.78, 5) is 20.1. The monoisotopic (exact) mass is 148 g/mol. The fraction of sp³-hybridized carbons (Fsp3) is 0.500. The Morgan fingerprint density at radius 2 is 2.10 bits per heavy atom. The van der Waals surface area contributed by atoms with E-state index < -0.39 is 24.4 Å². The minimum absolute atomic E-state index is 0.636. The van der Waals surface area contributed by atoms with Crippen LogP contribution in [0.4, 0.5) is 0 Å². The lowest BCUT2D eigenvalue weighted by Gasteiger charge is -2.03. The summed E-state index contributed by atoms with van der Waals surface area (Å²) < 4.78 is 0. The van der Waals surface area contributed by atoms with Crippen LogP contribution in [0.5, 0.6) is 0 Å². The first kappa shape index (κ1) is 8.86. The fourth-order valence-electron chi connectivity index (χ4n) is 0.354. The second kappa shape index (κ2) is 3.80. The van der Waals surface area contributed by atoms with E-state index in [1.54, 1.807) is 5.43 Å². The molecule has 0 saturated carbocycles. The number of nitrogens with one attached hydrogen (secondary N) is 1. The maximum Gasteiger partial charge on any atom is 0.306 e. The Kier molecular flexibility index (Phi) is 3.37. The fourth-order valence-corrected chi connectivity index (χ4v) is 0.354. The van der Waals surface area contributed by atoms with Gasteiger partial charge >= 0.3 is 5.97 Å². The van der Waals surface area contributed by atoms with Gasteiger partial charge < -0.3 is 10.2 Å². The van der Waals surface area contributed by atoms with E-state index in [0.717, 1.165) is 0 Å². The van der Waals surface area contributed by atoms with Crippen LogP contribution in [0.15, 0.2) is 0 Å². The first-order chi connectivity index (χ1) is 4.57. The van der Waals surface area contributed by atoms with Crippen LogP contribution in [-0.4, -0.2) is 28.2 Å². The molecule has 0 aromatic rings. The highest BCUT2D eigenvalue weighted by Gasteiger charge is 2.16. The summed E-state index contributed by atoms with van der Waals surface area (Å²) in [5, 5.41) is 16.7. The topological polar surface area (TPSA) is 113 Å². The van der Waals surface area contributed by atoms with Gasteiger partial charge in [-0.2, -0.15) is 0 Å². The number of nitrogens with two attached hydrogens (primary N) is 1. The lowest BCUT2D eigenvalue weighted by Crippen LogP contribution is -2.40. The van der Waals surface area contributed by atoms with Gasteiger partial charge in [0.05, 0.1) is 6.42 Å². The van der Waals surface area contributed by atoms with Gasteiger partial charge in [0.25, 0.3) is 5.91 Å². The van der Waals surface area contributed by atoms with Crippen molar-refractivity contribution in [2.24, 2.45) is 5.84 Å². The molecule has 0 bridgehead atoms. The van der Waals surface area contributed by atoms with Crippen LogP contribution < -0.4 is 11.3 Å². The van der Waals surface area contributed by atoms with E-state index in [9.17, 15) is 9.59 Å². The predicted octanol–water partition coefficient (Wildman–Crippen LogP) is -2.19. The van der Waals surface area contributed by atoms with Crippen LogP contribution in [-0.2, 0) is 9.59 Å². The number of hydrogen-bond donors (Lipinski definition) is 4. The highest BCUT2D eigenvalue weighted by Crippen LogP contribution is 1.89. The second-order valence-corrected chi connectivity index (χ2v) is 1.62. The second-order valence-electron chi connectivity index (χ2n) is 1.62. The van der Waals surface area contributed by atoms with E-state index in [-0.39, 0.29) is 0 Å². The Hall–Kier alpha value is -1.14. The lowest BCUT2D eigenvalue weighted by molar-refractivity contribution is -0.143. The number of carbonyl (C=O) groups excluding carboxylic acids is 1. The van der Waals surface area contributed by atoms with E-state index >= 15 is 0 Å². The molecule has 0 unspecified atom stereocenters. The van der Waals surface area contributed by atoms with Gasteiger partial charge in [-0.1, -0.05) is 0 Å². The summed E-state index contributed by atoms with van der Waals surface area (Å²) in [6.45, 7) is 0. The molecule has 5 N–H and O–H groups in total. The molecule has 0 heterocycles. The summed E-state index contributed by atoms with van der Waals surface area (Å²) in [5.74, 6) is 2.44. The molecule has 1 atom stereocenters. The van der Waals surface area contributed by atoms with E-state index in [1.807, 2.05) is 0 Å². The molecule has 10 heavy (non-hydrogen) atoms. The van der Waals surface area contributed by atoms with E-state index in [4.69, 9.17) is 10.2 Å². The largest absolute Gasteiger partial charge is 0.481 e. The number of hydrazine groups is 1. The van der Waals surface area contributed by atoms with Crippen LogP contribution in [0.3, 0.4) is 0 Å². The van der Waals surface area contributed by atoms with Gasteiger partial charge in [-0.3, -0.25) is 15.0 Å². The van der Waals surface area contributed by atoms with Crippen LogP contribution in [0.1, 0.15) is 6.42 Å². The van der Waals surface area contributed by atoms with Crippen molar-refractivity contribution < 1.29 is 19.8 Å². The molecule has 1 amide bonds. The Morgan fingerprint density at radius 1 is 1.60 bits per heavy atom. The van der Waals surface area contributed by atoms with Gasteiger partial charge in [0.2, 0.25) is 0 Å². The number of aliphatic hydroxyl groups excluding tert-OH is 1. The van der Waals surface area contributed by atoms with Crippen molar-refractivity contribution in [2.75, 3.05) is 0 Å². The molecule has 0 aromatic heterocycles. The molecule has 0 aliphatic carbocycles. The van der Waals surface area contributed by atoms with Crippen LogP contribution >= 0.6 is 0 Å². The summed E-state index contributed by atoms with van der Waals surface area (Å²) in [6, 6.07) is 0. The molecule has 58 valence electrons. The number of aliphatic carboxylic acids is 1. The summed E-state index contributed by atoms with van der Waals surface area (Å²) in [5.41, 5.74) is 1.62. The first-order valence-electron chi connectivity index (χ1n) is 2.48. The van der Waals surface area contributed by atoms with Crippen LogP contribution in [0.2, 0.25) is 0 Å². The zero-order valence-electron chi connectivity index (χ0n) is 5.07. The summed E-state index contributed by atoms with van der Waals surface area (Å²) in [7, 11) is 0. The summed E-state index contributed by atoms with van der Waals surface area (Å²) in [6.07, 6.45) is -2.20. The Bertz CT molecular complexity index is 146. The third-order valence-electron chi connectivity index (χ3n) is 0.813. The number of carbonyl (C=O) groups is 2. The number of amides is 1. The van der Waals surface area contributed by atoms with Gasteiger partial charge in [0, 0.05) is 0 Å². The minimum Gasteiger partial charge on any atom is -0.481 e. The SMILES string of the molecule is NNC(=O)[C@@H](O)CC(=O)O. The Balaban J connectivity index is 3.72.